The van der Waals surface area contributed by atoms with E-state index in [0.717, 1.165) is 6.07 Å². The van der Waals surface area contributed by atoms with Crippen molar-refractivity contribution in [3.8, 4) is 5.75 Å². The molecule has 0 bridgehead atoms. The number of halogens is 4. The average molecular weight is 271 g/mol. The van der Waals surface area contributed by atoms with E-state index >= 15 is 0 Å². The second kappa shape index (κ2) is 3.56. The van der Waals surface area contributed by atoms with E-state index in [4.69, 9.17) is 11.5 Å². The van der Waals surface area contributed by atoms with Crippen LogP contribution in [0.1, 0.15) is 0 Å². The number of anilines is 2. The van der Waals surface area contributed by atoms with E-state index in [1.165, 1.54) is 6.07 Å². The Bertz CT molecular complexity index is 354. The van der Waals surface area contributed by atoms with E-state index < -0.39 is 12.1 Å². The number of nitrogens with two attached hydrogens (primary N) is 2. The molecule has 0 unspecified atom stereocenters. The number of alkyl halides is 3. The first-order valence-corrected chi connectivity index (χ1v) is 4.19. The molecule has 14 heavy (non-hydrogen) atoms. The highest BCUT2D eigenvalue weighted by atomic mass is 79.9. The fourth-order valence-corrected chi connectivity index (χ4v) is 1.12. The Morgan fingerprint density at radius 3 is 2.21 bits per heavy atom. The molecule has 0 aromatic heterocycles. The van der Waals surface area contributed by atoms with E-state index in [2.05, 4.69) is 20.7 Å². The second-order valence-electron chi connectivity index (χ2n) is 2.46. The highest BCUT2D eigenvalue weighted by molar-refractivity contribution is 9.10. The summed E-state index contributed by atoms with van der Waals surface area (Å²) in [7, 11) is 0. The Kier molecular flexibility index (Phi) is 2.79. The van der Waals surface area contributed by atoms with Crippen LogP contribution >= 0.6 is 15.9 Å². The van der Waals surface area contributed by atoms with Crippen LogP contribution in [0.25, 0.3) is 0 Å². The molecule has 78 valence electrons. The number of benzene rings is 1. The van der Waals surface area contributed by atoms with Crippen molar-refractivity contribution in [1.29, 1.82) is 0 Å². The van der Waals surface area contributed by atoms with Gasteiger partial charge >= 0.3 is 6.36 Å². The van der Waals surface area contributed by atoms with Gasteiger partial charge in [0.15, 0.2) is 5.75 Å². The van der Waals surface area contributed by atoms with E-state index in [0.29, 0.717) is 4.47 Å². The Morgan fingerprint density at radius 1 is 1.14 bits per heavy atom. The molecule has 0 heterocycles. The summed E-state index contributed by atoms with van der Waals surface area (Å²) in [6, 6.07) is 2.25. The first-order chi connectivity index (χ1) is 6.29. The van der Waals surface area contributed by atoms with E-state index in [1.807, 2.05) is 0 Å². The third kappa shape index (κ3) is 2.69. The average Bonchev–Trinajstić information content (AvgIpc) is 1.97. The van der Waals surface area contributed by atoms with Gasteiger partial charge in [-0.2, -0.15) is 0 Å². The first-order valence-electron chi connectivity index (χ1n) is 3.40. The molecule has 0 fully saturated rings. The third-order valence-corrected chi connectivity index (χ3v) is 2.04. The largest absolute Gasteiger partial charge is 0.573 e. The van der Waals surface area contributed by atoms with Gasteiger partial charge in [0, 0.05) is 10.2 Å². The van der Waals surface area contributed by atoms with Crippen molar-refractivity contribution in [3.05, 3.63) is 16.6 Å². The van der Waals surface area contributed by atoms with Gasteiger partial charge < -0.3 is 16.2 Å². The fourth-order valence-electron chi connectivity index (χ4n) is 0.802. The van der Waals surface area contributed by atoms with Crippen molar-refractivity contribution in [2.45, 2.75) is 6.36 Å². The van der Waals surface area contributed by atoms with Crippen LogP contribution in [0, 0.1) is 0 Å². The number of ether oxygens (including phenoxy) is 1. The summed E-state index contributed by atoms with van der Waals surface area (Å²) in [6.45, 7) is 0. The molecule has 0 saturated heterocycles. The van der Waals surface area contributed by atoms with Gasteiger partial charge in [0.05, 0.1) is 5.69 Å². The molecule has 1 aromatic carbocycles. The Hall–Kier alpha value is -1.11. The van der Waals surface area contributed by atoms with Gasteiger partial charge in [0.1, 0.15) is 0 Å². The molecule has 7 heteroatoms. The molecule has 0 atom stereocenters. The Morgan fingerprint density at radius 2 is 1.71 bits per heavy atom. The van der Waals surface area contributed by atoms with Crippen LogP contribution in [0.5, 0.6) is 5.75 Å². The molecule has 0 radical (unpaired) electrons. The molecule has 0 aliphatic rings. The summed E-state index contributed by atoms with van der Waals surface area (Å²) < 4.78 is 39.4. The number of hydrogen-bond donors (Lipinski definition) is 2. The van der Waals surface area contributed by atoms with Crippen molar-refractivity contribution >= 4 is 27.3 Å². The van der Waals surface area contributed by atoms with Crippen molar-refractivity contribution in [1.82, 2.24) is 0 Å². The number of hydrogen-bond acceptors (Lipinski definition) is 3. The van der Waals surface area contributed by atoms with Gasteiger partial charge in [-0.05, 0) is 28.1 Å². The molecular formula is C7H6BrF3N2O. The van der Waals surface area contributed by atoms with Crippen molar-refractivity contribution < 1.29 is 17.9 Å². The summed E-state index contributed by atoms with van der Waals surface area (Å²) in [4.78, 5) is 0. The molecule has 4 N–H and O–H groups in total. The van der Waals surface area contributed by atoms with Gasteiger partial charge in [-0.25, -0.2) is 0 Å². The third-order valence-electron chi connectivity index (χ3n) is 1.35. The summed E-state index contributed by atoms with van der Waals surface area (Å²) in [5, 5.41) is 0. The standard InChI is InChI=1S/C7H6BrF3N2O/c8-3-1-6(14-7(9,10)11)5(13)2-4(3)12/h1-2H,12-13H2. The molecule has 0 saturated carbocycles. The minimum absolute atomic E-state index is 0.164. The molecule has 1 aromatic rings. The maximum Gasteiger partial charge on any atom is 0.573 e. The quantitative estimate of drug-likeness (QED) is 0.771. The van der Waals surface area contributed by atoms with Gasteiger partial charge in [-0.3, -0.25) is 0 Å². The van der Waals surface area contributed by atoms with Crippen LogP contribution in [0.2, 0.25) is 0 Å². The van der Waals surface area contributed by atoms with Crippen LogP contribution in [-0.2, 0) is 0 Å². The van der Waals surface area contributed by atoms with E-state index in [9.17, 15) is 13.2 Å². The lowest BCUT2D eigenvalue weighted by molar-refractivity contribution is -0.274. The molecule has 0 amide bonds. The van der Waals surface area contributed by atoms with E-state index in [-0.39, 0.29) is 11.4 Å². The van der Waals surface area contributed by atoms with Crippen LogP contribution < -0.4 is 16.2 Å². The molecule has 0 aliphatic carbocycles. The smallest absolute Gasteiger partial charge is 0.404 e. The van der Waals surface area contributed by atoms with Crippen LogP contribution in [-0.4, -0.2) is 6.36 Å². The van der Waals surface area contributed by atoms with Crippen molar-refractivity contribution in [2.75, 3.05) is 11.5 Å². The lowest BCUT2D eigenvalue weighted by Gasteiger charge is -2.12. The lowest BCUT2D eigenvalue weighted by atomic mass is 10.2. The zero-order chi connectivity index (χ0) is 10.9. The highest BCUT2D eigenvalue weighted by Crippen LogP contribution is 2.34. The fraction of sp³-hybridized carbons (Fsp3) is 0.143. The molecule has 3 nitrogen and oxygen atoms in total. The van der Waals surface area contributed by atoms with E-state index in [1.54, 1.807) is 0 Å². The number of nitrogen functional groups attached to an aromatic ring is 2. The highest BCUT2D eigenvalue weighted by Gasteiger charge is 2.32. The monoisotopic (exact) mass is 270 g/mol. The van der Waals surface area contributed by atoms with Crippen molar-refractivity contribution in [2.24, 2.45) is 0 Å². The van der Waals surface area contributed by atoms with Crippen molar-refractivity contribution in [3.63, 3.8) is 0 Å². The minimum atomic E-state index is -4.76. The zero-order valence-corrected chi connectivity index (χ0v) is 8.32. The normalized spacial score (nSPS) is 11.4. The maximum atomic E-state index is 11.8. The van der Waals surface area contributed by atoms with Gasteiger partial charge in [-0.15, -0.1) is 13.2 Å². The lowest BCUT2D eigenvalue weighted by Crippen LogP contribution is -2.18. The predicted molar refractivity (Wildman–Crippen MR) is 49.6 cm³/mol. The Labute approximate surface area is 86.0 Å². The summed E-state index contributed by atoms with van der Waals surface area (Å²) in [5.74, 6) is -0.474. The van der Waals surface area contributed by atoms with Crippen LogP contribution in [0.3, 0.4) is 0 Å². The molecule has 0 spiro atoms. The molecule has 0 aliphatic heterocycles. The number of rotatable bonds is 1. The molecule has 1 rings (SSSR count). The summed E-state index contributed by atoms with van der Waals surface area (Å²) in [6.07, 6.45) is -4.76. The predicted octanol–water partition coefficient (Wildman–Crippen LogP) is 2.51. The SMILES string of the molecule is Nc1cc(N)c(OC(F)(F)F)cc1Br. The Balaban J connectivity index is 3.04. The topological polar surface area (TPSA) is 61.3 Å². The summed E-state index contributed by atoms with van der Waals surface area (Å²) in [5.41, 5.74) is 10.7. The molecular weight excluding hydrogens is 265 g/mol. The second-order valence-corrected chi connectivity index (χ2v) is 3.31. The minimum Gasteiger partial charge on any atom is -0.404 e. The van der Waals surface area contributed by atoms with Gasteiger partial charge in [0.25, 0.3) is 0 Å². The zero-order valence-electron chi connectivity index (χ0n) is 6.73. The van der Waals surface area contributed by atoms with Crippen LogP contribution in [0.4, 0.5) is 24.5 Å². The van der Waals surface area contributed by atoms with Gasteiger partial charge in [0.2, 0.25) is 0 Å². The first kappa shape index (κ1) is 11.0. The summed E-state index contributed by atoms with van der Waals surface area (Å²) >= 11 is 2.96. The van der Waals surface area contributed by atoms with Gasteiger partial charge in [-0.1, -0.05) is 0 Å². The maximum absolute atomic E-state index is 11.8. The van der Waals surface area contributed by atoms with Crippen LogP contribution in [0.15, 0.2) is 16.6 Å².